The molecule has 1 fully saturated rings. The number of hydrogen-bond acceptors (Lipinski definition) is 4. The number of likely N-dealkylation sites (tertiary alicyclic amines) is 1. The van der Waals surface area contributed by atoms with Crippen LogP contribution in [0.15, 0.2) is 18.2 Å². The molecular formula is C18H24N2O3. The molecule has 0 saturated carbocycles. The lowest BCUT2D eigenvalue weighted by Crippen LogP contribution is -2.45. The third kappa shape index (κ3) is 4.38. The van der Waals surface area contributed by atoms with Gasteiger partial charge < -0.3 is 14.4 Å². The zero-order valence-electron chi connectivity index (χ0n) is 13.9. The molecule has 0 bridgehead atoms. The second-order valence-electron chi connectivity index (χ2n) is 5.64. The molecule has 1 aliphatic heterocycles. The Kier molecular flexibility index (Phi) is 6.28. The van der Waals surface area contributed by atoms with E-state index in [1.807, 2.05) is 11.8 Å². The Labute approximate surface area is 137 Å². The normalized spacial score (nSPS) is 17.4. The fourth-order valence-corrected chi connectivity index (χ4v) is 2.94. The predicted molar refractivity (Wildman–Crippen MR) is 87.5 cm³/mol. The molecule has 1 amide bonds. The van der Waals surface area contributed by atoms with Crippen LogP contribution in [0.1, 0.15) is 45.1 Å². The van der Waals surface area contributed by atoms with Gasteiger partial charge in [-0.15, -0.1) is 0 Å². The van der Waals surface area contributed by atoms with Gasteiger partial charge in [0.15, 0.2) is 18.1 Å². The lowest BCUT2D eigenvalue weighted by Gasteiger charge is -2.35. The molecule has 0 aliphatic carbocycles. The van der Waals surface area contributed by atoms with Crippen LogP contribution in [0.5, 0.6) is 11.5 Å². The van der Waals surface area contributed by atoms with E-state index in [9.17, 15) is 4.79 Å². The van der Waals surface area contributed by atoms with Gasteiger partial charge >= 0.3 is 0 Å². The molecule has 5 heteroatoms. The standard InChI is InChI=1S/C18H24N2O3/c1-3-15-7-5-6-10-20(15)18(21)13-23-16-9-8-14(12-19)11-17(16)22-4-2/h8-9,11,15H,3-7,10,13H2,1-2H3. The summed E-state index contributed by atoms with van der Waals surface area (Å²) in [5.41, 5.74) is 0.509. The van der Waals surface area contributed by atoms with Gasteiger partial charge in [-0.05, 0) is 44.7 Å². The molecule has 124 valence electrons. The van der Waals surface area contributed by atoms with Crippen molar-refractivity contribution in [3.8, 4) is 17.6 Å². The van der Waals surface area contributed by atoms with Gasteiger partial charge in [-0.3, -0.25) is 4.79 Å². The van der Waals surface area contributed by atoms with Crippen LogP contribution in [-0.2, 0) is 4.79 Å². The minimum absolute atomic E-state index is 0.00245. The third-order valence-electron chi connectivity index (χ3n) is 4.14. The van der Waals surface area contributed by atoms with Gasteiger partial charge in [0.05, 0.1) is 18.2 Å². The number of carbonyl (C=O) groups excluding carboxylic acids is 1. The quantitative estimate of drug-likeness (QED) is 0.809. The van der Waals surface area contributed by atoms with Gasteiger partial charge in [0.25, 0.3) is 5.91 Å². The second kappa shape index (κ2) is 8.42. The molecule has 1 aromatic rings. The van der Waals surface area contributed by atoms with Crippen LogP contribution in [0.4, 0.5) is 0 Å². The Morgan fingerprint density at radius 2 is 2.13 bits per heavy atom. The number of carbonyl (C=O) groups is 1. The number of benzene rings is 1. The van der Waals surface area contributed by atoms with Gasteiger partial charge in [-0.1, -0.05) is 6.92 Å². The number of amides is 1. The summed E-state index contributed by atoms with van der Waals surface area (Å²) < 4.78 is 11.2. The Morgan fingerprint density at radius 1 is 1.30 bits per heavy atom. The molecule has 0 radical (unpaired) electrons. The maximum atomic E-state index is 12.4. The summed E-state index contributed by atoms with van der Waals surface area (Å²) in [6.45, 7) is 5.27. The highest BCUT2D eigenvalue weighted by Gasteiger charge is 2.25. The lowest BCUT2D eigenvalue weighted by molar-refractivity contribution is -0.137. The Bertz CT molecular complexity index is 580. The van der Waals surface area contributed by atoms with E-state index >= 15 is 0 Å². The van der Waals surface area contributed by atoms with Crippen molar-refractivity contribution >= 4 is 5.91 Å². The third-order valence-corrected chi connectivity index (χ3v) is 4.14. The first-order valence-electron chi connectivity index (χ1n) is 8.28. The summed E-state index contributed by atoms with van der Waals surface area (Å²) in [6.07, 6.45) is 4.30. The average Bonchev–Trinajstić information content (AvgIpc) is 2.60. The van der Waals surface area contributed by atoms with E-state index in [0.29, 0.717) is 29.7 Å². The monoisotopic (exact) mass is 316 g/mol. The Morgan fingerprint density at radius 3 is 2.83 bits per heavy atom. The van der Waals surface area contributed by atoms with Crippen LogP contribution in [0.25, 0.3) is 0 Å². The highest BCUT2D eigenvalue weighted by atomic mass is 16.5. The van der Waals surface area contributed by atoms with Gasteiger partial charge in [-0.2, -0.15) is 5.26 Å². The molecule has 1 aliphatic rings. The highest BCUT2D eigenvalue weighted by Crippen LogP contribution is 2.28. The fraction of sp³-hybridized carbons (Fsp3) is 0.556. The van der Waals surface area contributed by atoms with E-state index in [0.717, 1.165) is 25.8 Å². The molecule has 1 aromatic carbocycles. The van der Waals surface area contributed by atoms with E-state index in [1.165, 1.54) is 6.42 Å². The summed E-state index contributed by atoms with van der Waals surface area (Å²) in [5, 5.41) is 8.96. The summed E-state index contributed by atoms with van der Waals surface area (Å²) in [5.74, 6) is 1.03. The van der Waals surface area contributed by atoms with Crippen LogP contribution < -0.4 is 9.47 Å². The minimum Gasteiger partial charge on any atom is -0.490 e. The van der Waals surface area contributed by atoms with E-state index in [-0.39, 0.29) is 12.5 Å². The molecule has 1 saturated heterocycles. The molecule has 1 heterocycles. The number of ether oxygens (including phenoxy) is 2. The van der Waals surface area contributed by atoms with Crippen molar-refractivity contribution in [2.24, 2.45) is 0 Å². The van der Waals surface area contributed by atoms with Gasteiger partial charge in [0.1, 0.15) is 0 Å². The first kappa shape index (κ1) is 17.1. The maximum Gasteiger partial charge on any atom is 0.260 e. The molecule has 0 spiro atoms. The largest absolute Gasteiger partial charge is 0.490 e. The van der Waals surface area contributed by atoms with Crippen LogP contribution in [-0.4, -0.2) is 36.6 Å². The summed E-state index contributed by atoms with van der Waals surface area (Å²) in [4.78, 5) is 14.4. The van der Waals surface area contributed by atoms with Crippen LogP contribution >= 0.6 is 0 Å². The topological polar surface area (TPSA) is 62.6 Å². The molecule has 0 N–H and O–H groups in total. The highest BCUT2D eigenvalue weighted by molar-refractivity contribution is 5.78. The number of hydrogen-bond donors (Lipinski definition) is 0. The minimum atomic E-state index is 0.00245. The van der Waals surface area contributed by atoms with Crippen LogP contribution in [0.3, 0.4) is 0 Å². The van der Waals surface area contributed by atoms with Crippen LogP contribution in [0, 0.1) is 11.3 Å². The van der Waals surface area contributed by atoms with E-state index in [4.69, 9.17) is 14.7 Å². The molecule has 5 nitrogen and oxygen atoms in total. The average molecular weight is 316 g/mol. The number of rotatable bonds is 6. The van der Waals surface area contributed by atoms with Crippen molar-refractivity contribution in [1.82, 2.24) is 4.90 Å². The maximum absolute atomic E-state index is 12.4. The van der Waals surface area contributed by atoms with Crippen LogP contribution in [0.2, 0.25) is 0 Å². The molecule has 1 unspecified atom stereocenters. The molecule has 2 rings (SSSR count). The second-order valence-corrected chi connectivity index (χ2v) is 5.64. The Balaban J connectivity index is 2.02. The van der Waals surface area contributed by atoms with Crippen molar-refractivity contribution in [1.29, 1.82) is 5.26 Å². The number of piperidine rings is 1. The van der Waals surface area contributed by atoms with Gasteiger partial charge in [0.2, 0.25) is 0 Å². The summed E-state index contributed by atoms with van der Waals surface area (Å²) >= 11 is 0. The van der Waals surface area contributed by atoms with E-state index < -0.39 is 0 Å². The van der Waals surface area contributed by atoms with E-state index in [2.05, 4.69) is 13.0 Å². The molecular weight excluding hydrogens is 292 g/mol. The zero-order valence-corrected chi connectivity index (χ0v) is 13.9. The van der Waals surface area contributed by atoms with Crippen molar-refractivity contribution in [3.05, 3.63) is 23.8 Å². The fourth-order valence-electron chi connectivity index (χ4n) is 2.94. The smallest absolute Gasteiger partial charge is 0.260 e. The molecule has 1 atom stereocenters. The number of nitrogens with zero attached hydrogens (tertiary/aromatic N) is 2. The van der Waals surface area contributed by atoms with Crippen molar-refractivity contribution in [2.75, 3.05) is 19.8 Å². The van der Waals surface area contributed by atoms with E-state index in [1.54, 1.807) is 18.2 Å². The zero-order chi connectivity index (χ0) is 16.7. The SMILES string of the molecule is CCOc1cc(C#N)ccc1OCC(=O)N1CCCCC1CC. The van der Waals surface area contributed by atoms with Gasteiger partial charge in [0, 0.05) is 18.7 Å². The predicted octanol–water partition coefficient (Wildman–Crippen LogP) is 3.13. The van der Waals surface area contributed by atoms with Crippen molar-refractivity contribution < 1.29 is 14.3 Å². The molecule has 0 aromatic heterocycles. The first-order valence-corrected chi connectivity index (χ1v) is 8.28. The molecule has 23 heavy (non-hydrogen) atoms. The van der Waals surface area contributed by atoms with Crippen molar-refractivity contribution in [2.45, 2.75) is 45.6 Å². The lowest BCUT2D eigenvalue weighted by atomic mass is 10.00. The summed E-state index contributed by atoms with van der Waals surface area (Å²) in [6, 6.07) is 7.39. The Hall–Kier alpha value is -2.22. The van der Waals surface area contributed by atoms with Crippen molar-refractivity contribution in [3.63, 3.8) is 0 Å². The summed E-state index contributed by atoms with van der Waals surface area (Å²) in [7, 11) is 0. The van der Waals surface area contributed by atoms with Gasteiger partial charge in [-0.25, -0.2) is 0 Å². The number of nitriles is 1. The first-order chi connectivity index (χ1) is 11.2.